The molecule has 0 amide bonds. The first-order chi connectivity index (χ1) is 9.49. The summed E-state index contributed by atoms with van der Waals surface area (Å²) >= 11 is 0. The van der Waals surface area contributed by atoms with Gasteiger partial charge in [-0.05, 0) is 37.6 Å². The van der Waals surface area contributed by atoms with Crippen LogP contribution in [-0.4, -0.2) is 23.8 Å². The number of nitrogens with zero attached hydrogens (tertiary/aromatic N) is 2. The molecule has 1 aliphatic heterocycles. The number of ether oxygens (including phenoxy) is 1. The molecule has 0 saturated carbocycles. The number of aromatic nitrogens is 2. The molecule has 1 unspecified atom stereocenters. The van der Waals surface area contributed by atoms with E-state index in [9.17, 15) is 0 Å². The number of piperidine rings is 1. The van der Waals surface area contributed by atoms with E-state index in [0.717, 1.165) is 19.4 Å². The molecule has 1 aromatic heterocycles. The van der Waals surface area contributed by atoms with E-state index in [4.69, 9.17) is 9.26 Å². The Morgan fingerprint density at radius 1 is 1.40 bits per heavy atom. The Bertz CT molecular complexity index is 430. The summed E-state index contributed by atoms with van der Waals surface area (Å²) in [6.45, 7) is 9.67. The number of hydrogen-bond acceptors (Lipinski definition) is 5. The second kappa shape index (κ2) is 5.82. The summed E-state index contributed by atoms with van der Waals surface area (Å²) in [5.41, 5.74) is -0.295. The lowest BCUT2D eigenvalue weighted by molar-refractivity contribution is -0.0306. The Morgan fingerprint density at radius 2 is 2.10 bits per heavy atom. The molecular formula is C15H27N3O2. The van der Waals surface area contributed by atoms with Crippen LogP contribution in [0.5, 0.6) is 0 Å². The van der Waals surface area contributed by atoms with Crippen LogP contribution in [0.2, 0.25) is 0 Å². The van der Waals surface area contributed by atoms with Gasteiger partial charge in [0.15, 0.2) is 0 Å². The molecule has 2 heterocycles. The van der Waals surface area contributed by atoms with E-state index in [1.54, 1.807) is 7.11 Å². The normalized spacial score (nSPS) is 22.9. The van der Waals surface area contributed by atoms with Gasteiger partial charge in [-0.1, -0.05) is 32.9 Å². The quantitative estimate of drug-likeness (QED) is 0.898. The SMILES string of the molecule is CCC(CC)(OC)c1noc(C2NCCCC2(C)C)n1. The summed E-state index contributed by atoms with van der Waals surface area (Å²) < 4.78 is 11.2. The summed E-state index contributed by atoms with van der Waals surface area (Å²) in [6.07, 6.45) is 4.02. The van der Waals surface area contributed by atoms with Gasteiger partial charge in [-0.2, -0.15) is 4.98 Å². The molecule has 0 spiro atoms. The van der Waals surface area contributed by atoms with Crippen molar-refractivity contribution in [3.63, 3.8) is 0 Å². The fourth-order valence-corrected chi connectivity index (χ4v) is 3.12. The van der Waals surface area contributed by atoms with Crippen molar-refractivity contribution < 1.29 is 9.26 Å². The maximum Gasteiger partial charge on any atom is 0.244 e. The van der Waals surface area contributed by atoms with Crippen molar-refractivity contribution in [2.24, 2.45) is 5.41 Å². The van der Waals surface area contributed by atoms with E-state index in [-0.39, 0.29) is 11.5 Å². The summed E-state index contributed by atoms with van der Waals surface area (Å²) in [5, 5.41) is 7.70. The van der Waals surface area contributed by atoms with Crippen molar-refractivity contribution in [2.45, 2.75) is 65.0 Å². The smallest absolute Gasteiger partial charge is 0.244 e. The predicted molar refractivity (Wildman–Crippen MR) is 77.3 cm³/mol. The van der Waals surface area contributed by atoms with E-state index >= 15 is 0 Å². The van der Waals surface area contributed by atoms with E-state index in [0.29, 0.717) is 11.7 Å². The van der Waals surface area contributed by atoms with Crippen molar-refractivity contribution in [3.05, 3.63) is 11.7 Å². The highest BCUT2D eigenvalue weighted by Crippen LogP contribution is 2.40. The van der Waals surface area contributed by atoms with Crippen LogP contribution >= 0.6 is 0 Å². The third-order valence-electron chi connectivity index (χ3n) is 4.76. The van der Waals surface area contributed by atoms with Gasteiger partial charge in [-0.15, -0.1) is 0 Å². The molecule has 0 radical (unpaired) electrons. The molecule has 2 rings (SSSR count). The first-order valence-electron chi connectivity index (χ1n) is 7.61. The molecule has 0 aromatic carbocycles. The maximum absolute atomic E-state index is 5.67. The lowest BCUT2D eigenvalue weighted by atomic mass is 9.77. The van der Waals surface area contributed by atoms with Gasteiger partial charge in [0.2, 0.25) is 11.7 Å². The van der Waals surface area contributed by atoms with Crippen LogP contribution in [0, 0.1) is 5.41 Å². The molecule has 0 bridgehead atoms. The van der Waals surface area contributed by atoms with Gasteiger partial charge in [0, 0.05) is 7.11 Å². The van der Waals surface area contributed by atoms with Crippen LogP contribution in [0.4, 0.5) is 0 Å². The minimum absolute atomic E-state index is 0.126. The van der Waals surface area contributed by atoms with E-state index < -0.39 is 5.60 Å². The zero-order valence-corrected chi connectivity index (χ0v) is 13.3. The Kier molecular flexibility index (Phi) is 4.49. The molecule has 1 fully saturated rings. The van der Waals surface area contributed by atoms with E-state index in [1.807, 2.05) is 0 Å². The molecule has 5 nitrogen and oxygen atoms in total. The molecule has 0 aliphatic carbocycles. The minimum atomic E-state index is -0.430. The van der Waals surface area contributed by atoms with Gasteiger partial charge in [-0.3, -0.25) is 0 Å². The van der Waals surface area contributed by atoms with Gasteiger partial charge in [0.1, 0.15) is 5.60 Å². The maximum atomic E-state index is 5.67. The Hall–Kier alpha value is -0.940. The van der Waals surface area contributed by atoms with E-state index in [2.05, 4.69) is 43.2 Å². The molecule has 1 aromatic rings. The number of methoxy groups -OCH3 is 1. The highest BCUT2D eigenvalue weighted by atomic mass is 16.5. The summed E-state index contributed by atoms with van der Waals surface area (Å²) in [7, 11) is 1.71. The van der Waals surface area contributed by atoms with Crippen LogP contribution in [0.15, 0.2) is 4.52 Å². The number of nitrogens with one attached hydrogen (secondary N) is 1. The van der Waals surface area contributed by atoms with Crippen LogP contribution in [0.3, 0.4) is 0 Å². The zero-order valence-electron chi connectivity index (χ0n) is 13.3. The van der Waals surface area contributed by atoms with Crippen molar-refractivity contribution in [1.82, 2.24) is 15.5 Å². The lowest BCUT2D eigenvalue weighted by Gasteiger charge is -2.37. The van der Waals surface area contributed by atoms with Gasteiger partial charge in [-0.25, -0.2) is 0 Å². The first kappa shape index (κ1) is 15.4. The molecule has 1 saturated heterocycles. The fraction of sp³-hybridized carbons (Fsp3) is 0.867. The molecule has 1 N–H and O–H groups in total. The number of hydrogen-bond donors (Lipinski definition) is 1. The second-order valence-corrected chi connectivity index (χ2v) is 6.34. The van der Waals surface area contributed by atoms with Crippen molar-refractivity contribution >= 4 is 0 Å². The topological polar surface area (TPSA) is 60.2 Å². The zero-order chi connectivity index (χ0) is 14.8. The van der Waals surface area contributed by atoms with Crippen LogP contribution in [0.1, 0.15) is 71.1 Å². The second-order valence-electron chi connectivity index (χ2n) is 6.34. The largest absolute Gasteiger partial charge is 0.370 e. The van der Waals surface area contributed by atoms with Crippen LogP contribution in [0.25, 0.3) is 0 Å². The third-order valence-corrected chi connectivity index (χ3v) is 4.76. The Morgan fingerprint density at radius 3 is 2.65 bits per heavy atom. The molecule has 1 aliphatic rings. The minimum Gasteiger partial charge on any atom is -0.370 e. The first-order valence-corrected chi connectivity index (χ1v) is 7.61. The van der Waals surface area contributed by atoms with Crippen molar-refractivity contribution in [2.75, 3.05) is 13.7 Å². The van der Waals surface area contributed by atoms with Crippen LogP contribution < -0.4 is 5.32 Å². The summed E-state index contributed by atoms with van der Waals surface area (Å²) in [5.74, 6) is 1.36. The average Bonchev–Trinajstić information content (AvgIpc) is 2.91. The fourth-order valence-electron chi connectivity index (χ4n) is 3.12. The molecule has 5 heteroatoms. The lowest BCUT2D eigenvalue weighted by Crippen LogP contribution is -2.40. The molecule has 1 atom stereocenters. The van der Waals surface area contributed by atoms with Crippen molar-refractivity contribution in [3.8, 4) is 0 Å². The van der Waals surface area contributed by atoms with Crippen molar-refractivity contribution in [1.29, 1.82) is 0 Å². The number of rotatable bonds is 5. The third kappa shape index (κ3) is 2.61. The summed E-state index contributed by atoms with van der Waals surface area (Å²) in [6, 6.07) is 0.126. The van der Waals surface area contributed by atoms with Gasteiger partial charge >= 0.3 is 0 Å². The Balaban J connectivity index is 2.28. The molecule has 114 valence electrons. The monoisotopic (exact) mass is 281 g/mol. The highest BCUT2D eigenvalue weighted by molar-refractivity contribution is 5.06. The highest BCUT2D eigenvalue weighted by Gasteiger charge is 2.39. The van der Waals surface area contributed by atoms with Gasteiger partial charge in [0.05, 0.1) is 6.04 Å². The molecule has 20 heavy (non-hydrogen) atoms. The molecular weight excluding hydrogens is 254 g/mol. The van der Waals surface area contributed by atoms with Crippen LogP contribution in [-0.2, 0) is 10.3 Å². The van der Waals surface area contributed by atoms with Gasteiger partial charge < -0.3 is 14.6 Å². The van der Waals surface area contributed by atoms with E-state index in [1.165, 1.54) is 12.8 Å². The standard InChI is InChI=1S/C15H27N3O2/c1-6-15(7-2,19-5)13-17-12(20-18-13)11-14(3,4)9-8-10-16-11/h11,16H,6-10H2,1-5H3. The predicted octanol–water partition coefficient (Wildman–Crippen LogP) is 3.18. The summed E-state index contributed by atoms with van der Waals surface area (Å²) in [4.78, 5) is 4.65. The van der Waals surface area contributed by atoms with Gasteiger partial charge in [0.25, 0.3) is 0 Å². The average molecular weight is 281 g/mol. The Labute approximate surface area is 121 Å².